The molecule has 0 bridgehead atoms. The smallest absolute Gasteiger partial charge is 0.238 e. The Labute approximate surface area is 251 Å². The van der Waals surface area contributed by atoms with Crippen LogP contribution in [0.3, 0.4) is 0 Å². The highest BCUT2D eigenvalue weighted by molar-refractivity contribution is 6.12. The van der Waals surface area contributed by atoms with Crippen molar-refractivity contribution in [3.8, 4) is 40.0 Å². The average Bonchev–Trinajstić information content (AvgIpc) is 3.64. The maximum Gasteiger partial charge on any atom is 0.238 e. The van der Waals surface area contributed by atoms with Crippen LogP contribution in [0, 0.1) is 0 Å². The fraction of sp³-hybridized carbons (Fsp3) is 0. The van der Waals surface area contributed by atoms with Gasteiger partial charge in [-0.2, -0.15) is 9.97 Å². The molecule has 206 valence electrons. The number of hydrogen-bond acceptors (Lipinski definition) is 5. The molecule has 0 saturated carbocycles. The Morgan fingerprint density at radius 1 is 0.500 bits per heavy atom. The normalized spacial score (nSPS) is 11.6. The Morgan fingerprint density at radius 2 is 1.14 bits per heavy atom. The largest absolute Gasteiger partial charge is 0.455 e. The molecule has 0 aliphatic rings. The van der Waals surface area contributed by atoms with E-state index in [-0.39, 0.29) is 0 Å². The van der Waals surface area contributed by atoms with E-state index in [0.29, 0.717) is 17.6 Å². The van der Waals surface area contributed by atoms with Crippen LogP contribution in [0.2, 0.25) is 0 Å². The van der Waals surface area contributed by atoms with Crippen molar-refractivity contribution in [2.24, 2.45) is 0 Å². The molecule has 9 aromatic rings. The predicted molar refractivity (Wildman–Crippen MR) is 176 cm³/mol. The first-order valence-electron chi connectivity index (χ1n) is 14.5. The van der Waals surface area contributed by atoms with Crippen molar-refractivity contribution in [2.45, 2.75) is 0 Å². The van der Waals surface area contributed by atoms with Gasteiger partial charge in [-0.25, -0.2) is 4.98 Å². The molecule has 44 heavy (non-hydrogen) atoms. The van der Waals surface area contributed by atoms with E-state index >= 15 is 0 Å². The van der Waals surface area contributed by atoms with Crippen LogP contribution in [0.15, 0.2) is 144 Å². The molecule has 0 aliphatic carbocycles. The van der Waals surface area contributed by atoms with Crippen LogP contribution >= 0.6 is 0 Å². The second-order valence-corrected chi connectivity index (χ2v) is 10.7. The lowest BCUT2D eigenvalue weighted by molar-refractivity contribution is 0.670. The van der Waals surface area contributed by atoms with Crippen molar-refractivity contribution in [2.75, 3.05) is 0 Å². The fourth-order valence-electron chi connectivity index (χ4n) is 6.07. The van der Waals surface area contributed by atoms with E-state index in [9.17, 15) is 0 Å². The number of para-hydroxylation sites is 3. The highest BCUT2D eigenvalue weighted by atomic mass is 16.3. The summed E-state index contributed by atoms with van der Waals surface area (Å²) >= 11 is 0. The molecule has 0 radical (unpaired) electrons. The topological polar surface area (TPSA) is 69.6 Å². The zero-order chi connectivity index (χ0) is 29.0. The molecule has 4 heterocycles. The van der Waals surface area contributed by atoms with Gasteiger partial charge in [0.2, 0.25) is 5.95 Å². The van der Waals surface area contributed by atoms with Crippen molar-refractivity contribution in [3.63, 3.8) is 0 Å². The fourth-order valence-corrected chi connectivity index (χ4v) is 6.07. The Morgan fingerprint density at radius 3 is 1.89 bits per heavy atom. The monoisotopic (exact) mass is 565 g/mol. The Hall–Kier alpha value is -6.14. The summed E-state index contributed by atoms with van der Waals surface area (Å²) in [6.45, 7) is 0. The summed E-state index contributed by atoms with van der Waals surface area (Å²) in [6, 6.07) is 44.8. The quantitative estimate of drug-likeness (QED) is 0.213. The standard InChI is InChI=1S/C38H23N5O/c1-3-12-24(13-4-1)36-40-37(25-14-5-2-6-15-25)42-38(41-36)43-32-20-9-7-16-26(32)30-23-39-31(22-33(30)43)29-19-11-18-28-27-17-8-10-21-34(27)44-35(28)29/h1-23H. The van der Waals surface area contributed by atoms with Crippen molar-refractivity contribution in [1.82, 2.24) is 24.5 Å². The van der Waals surface area contributed by atoms with E-state index in [4.69, 9.17) is 24.4 Å². The zero-order valence-corrected chi connectivity index (χ0v) is 23.4. The van der Waals surface area contributed by atoms with Gasteiger partial charge in [0.25, 0.3) is 0 Å². The Balaban J connectivity index is 1.33. The third-order valence-corrected chi connectivity index (χ3v) is 8.13. The molecule has 0 spiro atoms. The van der Waals surface area contributed by atoms with Crippen molar-refractivity contribution < 1.29 is 4.42 Å². The molecule has 0 fully saturated rings. The van der Waals surface area contributed by atoms with E-state index in [2.05, 4.69) is 47.0 Å². The zero-order valence-electron chi connectivity index (χ0n) is 23.4. The summed E-state index contributed by atoms with van der Waals surface area (Å²) in [5, 5.41) is 4.25. The number of benzene rings is 5. The molecule has 9 rings (SSSR count). The van der Waals surface area contributed by atoms with Gasteiger partial charge >= 0.3 is 0 Å². The number of aromatic nitrogens is 5. The number of furan rings is 1. The lowest BCUT2D eigenvalue weighted by Gasteiger charge is -2.11. The lowest BCUT2D eigenvalue weighted by atomic mass is 10.1. The Bertz CT molecular complexity index is 2440. The first-order valence-corrected chi connectivity index (χ1v) is 14.5. The molecule has 0 N–H and O–H groups in total. The van der Waals surface area contributed by atoms with Crippen LogP contribution in [0.25, 0.3) is 83.7 Å². The van der Waals surface area contributed by atoms with Crippen LogP contribution in [-0.2, 0) is 0 Å². The van der Waals surface area contributed by atoms with E-state index in [1.165, 1.54) is 0 Å². The number of pyridine rings is 1. The lowest BCUT2D eigenvalue weighted by Crippen LogP contribution is -2.06. The third kappa shape index (κ3) is 3.82. The van der Waals surface area contributed by atoms with Gasteiger partial charge in [0.05, 0.1) is 16.7 Å². The number of nitrogens with zero attached hydrogens (tertiary/aromatic N) is 5. The van der Waals surface area contributed by atoms with Gasteiger partial charge in [-0.3, -0.25) is 9.55 Å². The van der Waals surface area contributed by atoms with Crippen molar-refractivity contribution in [3.05, 3.63) is 140 Å². The SMILES string of the molecule is c1ccc(-c2nc(-c3ccccc3)nc(-n3c4ccccc4c4cnc(-c5cccc6c5oc5ccccc56)cc43)n2)cc1. The molecule has 5 aromatic carbocycles. The highest BCUT2D eigenvalue weighted by Gasteiger charge is 2.20. The third-order valence-electron chi connectivity index (χ3n) is 8.13. The van der Waals surface area contributed by atoms with Crippen LogP contribution in [0.4, 0.5) is 0 Å². The van der Waals surface area contributed by atoms with Gasteiger partial charge in [0.15, 0.2) is 11.6 Å². The van der Waals surface area contributed by atoms with Crippen LogP contribution in [-0.4, -0.2) is 24.5 Å². The first-order chi connectivity index (χ1) is 21.8. The number of hydrogen-bond donors (Lipinski definition) is 0. The van der Waals surface area contributed by atoms with Gasteiger partial charge in [0.1, 0.15) is 11.2 Å². The van der Waals surface area contributed by atoms with Crippen LogP contribution in [0.1, 0.15) is 0 Å². The van der Waals surface area contributed by atoms with Gasteiger partial charge in [-0.05, 0) is 24.3 Å². The summed E-state index contributed by atoms with van der Waals surface area (Å²) in [6.07, 6.45) is 1.95. The van der Waals surface area contributed by atoms with E-state index < -0.39 is 0 Å². The van der Waals surface area contributed by atoms with Gasteiger partial charge in [-0.1, -0.05) is 109 Å². The summed E-state index contributed by atoms with van der Waals surface area (Å²) in [7, 11) is 0. The van der Waals surface area contributed by atoms with E-state index in [1.54, 1.807) is 0 Å². The Kier molecular flexibility index (Phi) is 5.40. The van der Waals surface area contributed by atoms with Crippen molar-refractivity contribution >= 4 is 43.7 Å². The van der Waals surface area contributed by atoms with Gasteiger partial charge < -0.3 is 4.42 Å². The molecule has 6 heteroatoms. The summed E-state index contributed by atoms with van der Waals surface area (Å²) in [5.41, 5.74) is 7.22. The maximum absolute atomic E-state index is 6.37. The van der Waals surface area contributed by atoms with Gasteiger partial charge in [0, 0.05) is 44.4 Å². The molecule has 0 unspecified atom stereocenters. The minimum atomic E-state index is 0.544. The molecule has 4 aromatic heterocycles. The molecule has 0 aliphatic heterocycles. The second-order valence-electron chi connectivity index (χ2n) is 10.7. The average molecular weight is 566 g/mol. The summed E-state index contributed by atoms with van der Waals surface area (Å²) in [4.78, 5) is 20.0. The molecular weight excluding hydrogens is 542 g/mol. The molecule has 0 saturated heterocycles. The van der Waals surface area contributed by atoms with Crippen molar-refractivity contribution in [1.29, 1.82) is 0 Å². The van der Waals surface area contributed by atoms with Gasteiger partial charge in [-0.15, -0.1) is 0 Å². The van der Waals surface area contributed by atoms with E-state index in [0.717, 1.165) is 66.1 Å². The van der Waals surface area contributed by atoms with Crippen LogP contribution in [0.5, 0.6) is 0 Å². The second kappa shape index (κ2) is 9.71. The minimum Gasteiger partial charge on any atom is -0.455 e. The summed E-state index contributed by atoms with van der Waals surface area (Å²) < 4.78 is 8.49. The summed E-state index contributed by atoms with van der Waals surface area (Å²) in [5.74, 6) is 1.77. The highest BCUT2D eigenvalue weighted by Crippen LogP contribution is 2.38. The molecule has 6 nitrogen and oxygen atoms in total. The van der Waals surface area contributed by atoms with E-state index in [1.807, 2.05) is 97.2 Å². The minimum absolute atomic E-state index is 0.544. The number of fused-ring (bicyclic) bond motifs is 6. The molecule has 0 amide bonds. The molecule has 0 atom stereocenters. The predicted octanol–water partition coefficient (Wildman–Crippen LogP) is 9.26. The first kappa shape index (κ1) is 24.5. The van der Waals surface area contributed by atoms with Crippen LogP contribution < -0.4 is 0 Å². The number of rotatable bonds is 4. The molecular formula is C38H23N5O. The maximum atomic E-state index is 6.37.